The minimum Gasteiger partial charge on any atom is -0.375 e. The summed E-state index contributed by atoms with van der Waals surface area (Å²) in [6, 6.07) is 9.19. The number of carbonyl (C=O) groups excluding carboxylic acids is 1. The summed E-state index contributed by atoms with van der Waals surface area (Å²) in [6.07, 6.45) is 0.260. The van der Waals surface area contributed by atoms with Crippen LogP contribution >= 0.6 is 11.6 Å². The van der Waals surface area contributed by atoms with E-state index in [9.17, 15) is 4.79 Å². The van der Waals surface area contributed by atoms with E-state index in [0.717, 1.165) is 12.1 Å². The summed E-state index contributed by atoms with van der Waals surface area (Å²) in [4.78, 5) is 11.9. The van der Waals surface area contributed by atoms with Gasteiger partial charge in [0.15, 0.2) is 5.76 Å². The quantitative estimate of drug-likeness (QED) is 0.874. The van der Waals surface area contributed by atoms with Crippen molar-refractivity contribution in [1.29, 1.82) is 0 Å². The Hall–Kier alpha value is -1.89. The van der Waals surface area contributed by atoms with Gasteiger partial charge in [-0.15, -0.1) is 0 Å². The van der Waals surface area contributed by atoms with Crippen LogP contribution in [0.2, 0.25) is 5.02 Å². The van der Waals surface area contributed by atoms with E-state index in [0.29, 0.717) is 36.0 Å². The first-order valence-electron chi connectivity index (χ1n) is 7.52. The Morgan fingerprint density at radius 2 is 2.30 bits per heavy atom. The molecule has 3 rings (SSSR count). The second kappa shape index (κ2) is 7.59. The Morgan fingerprint density at radius 1 is 1.43 bits per heavy atom. The number of halogens is 1. The maximum absolute atomic E-state index is 11.9. The standard InChI is InChI=1S/C16H18ClN3O3/c17-14-4-2-1-3-13(14)15-7-12(23-20-15)10-19-16(21)8-11-9-18-5-6-22-11/h1-4,7,11,18H,5-6,8-10H2,(H,19,21)/t11-/m1/s1. The molecule has 0 aliphatic carbocycles. The van der Waals surface area contributed by atoms with Crippen molar-refractivity contribution in [2.24, 2.45) is 0 Å². The van der Waals surface area contributed by atoms with Gasteiger partial charge < -0.3 is 19.9 Å². The average Bonchev–Trinajstić information content (AvgIpc) is 3.03. The summed E-state index contributed by atoms with van der Waals surface area (Å²) in [5, 5.41) is 10.6. The number of amides is 1. The predicted molar refractivity (Wildman–Crippen MR) is 86.0 cm³/mol. The normalized spacial score (nSPS) is 17.9. The lowest BCUT2D eigenvalue weighted by molar-refractivity contribution is -0.124. The van der Waals surface area contributed by atoms with Crippen molar-refractivity contribution in [1.82, 2.24) is 15.8 Å². The van der Waals surface area contributed by atoms with Gasteiger partial charge in [-0.1, -0.05) is 35.0 Å². The summed E-state index contributed by atoms with van der Waals surface area (Å²) >= 11 is 6.13. The highest BCUT2D eigenvalue weighted by Gasteiger charge is 2.17. The Morgan fingerprint density at radius 3 is 3.09 bits per heavy atom. The van der Waals surface area contributed by atoms with Crippen LogP contribution in [-0.2, 0) is 16.1 Å². The molecule has 1 aliphatic rings. The number of hydrogen-bond donors (Lipinski definition) is 2. The van der Waals surface area contributed by atoms with Gasteiger partial charge in [0.1, 0.15) is 5.69 Å². The molecule has 1 aliphatic heterocycles. The zero-order valence-corrected chi connectivity index (χ0v) is 13.3. The predicted octanol–water partition coefficient (Wildman–Crippen LogP) is 1.99. The number of nitrogens with one attached hydrogen (secondary N) is 2. The van der Waals surface area contributed by atoms with E-state index in [4.69, 9.17) is 20.9 Å². The van der Waals surface area contributed by atoms with E-state index >= 15 is 0 Å². The van der Waals surface area contributed by atoms with E-state index in [-0.39, 0.29) is 18.6 Å². The fraction of sp³-hybridized carbons (Fsp3) is 0.375. The third kappa shape index (κ3) is 4.31. The number of morpholine rings is 1. The van der Waals surface area contributed by atoms with E-state index in [1.54, 1.807) is 12.1 Å². The molecule has 0 radical (unpaired) electrons. The van der Waals surface area contributed by atoms with Crippen LogP contribution in [-0.4, -0.2) is 36.9 Å². The fourth-order valence-electron chi connectivity index (χ4n) is 2.41. The van der Waals surface area contributed by atoms with Crippen LogP contribution in [0, 0.1) is 0 Å². The van der Waals surface area contributed by atoms with E-state index < -0.39 is 0 Å². The lowest BCUT2D eigenvalue weighted by Gasteiger charge is -2.22. The number of rotatable bonds is 5. The van der Waals surface area contributed by atoms with Crippen molar-refractivity contribution in [3.63, 3.8) is 0 Å². The molecule has 6 nitrogen and oxygen atoms in total. The van der Waals surface area contributed by atoms with Crippen LogP contribution < -0.4 is 10.6 Å². The zero-order chi connectivity index (χ0) is 16.1. The van der Waals surface area contributed by atoms with Crippen LogP contribution in [0.15, 0.2) is 34.9 Å². The van der Waals surface area contributed by atoms with Crippen LogP contribution in [0.25, 0.3) is 11.3 Å². The molecule has 1 aromatic heterocycles. The van der Waals surface area contributed by atoms with Crippen molar-refractivity contribution in [3.8, 4) is 11.3 Å². The highest BCUT2D eigenvalue weighted by Crippen LogP contribution is 2.26. The van der Waals surface area contributed by atoms with Crippen LogP contribution in [0.3, 0.4) is 0 Å². The minimum atomic E-state index is -0.0746. The molecule has 2 N–H and O–H groups in total. The van der Waals surface area contributed by atoms with Gasteiger partial charge in [-0.3, -0.25) is 4.79 Å². The van der Waals surface area contributed by atoms with Gasteiger partial charge in [-0.25, -0.2) is 0 Å². The van der Waals surface area contributed by atoms with Gasteiger partial charge in [-0.2, -0.15) is 0 Å². The second-order valence-corrected chi connectivity index (χ2v) is 5.74. The maximum atomic E-state index is 11.9. The summed E-state index contributed by atoms with van der Waals surface area (Å²) in [5.41, 5.74) is 1.46. The molecule has 2 aromatic rings. The third-order valence-electron chi connectivity index (χ3n) is 3.59. The first-order chi connectivity index (χ1) is 11.2. The SMILES string of the molecule is O=C(C[C@@H]1CNCCO1)NCc1cc(-c2ccccc2Cl)no1. The van der Waals surface area contributed by atoms with Crippen molar-refractivity contribution < 1.29 is 14.1 Å². The first kappa shape index (κ1) is 16.0. The van der Waals surface area contributed by atoms with Gasteiger partial charge in [0.2, 0.25) is 5.91 Å². The van der Waals surface area contributed by atoms with Gasteiger partial charge in [0, 0.05) is 24.7 Å². The lowest BCUT2D eigenvalue weighted by Crippen LogP contribution is -2.41. The number of ether oxygens (including phenoxy) is 1. The molecule has 0 spiro atoms. The van der Waals surface area contributed by atoms with Gasteiger partial charge in [0.25, 0.3) is 0 Å². The summed E-state index contributed by atoms with van der Waals surface area (Å²) < 4.78 is 10.7. The number of carbonyl (C=O) groups is 1. The lowest BCUT2D eigenvalue weighted by atomic mass is 10.1. The van der Waals surface area contributed by atoms with Crippen LogP contribution in [0.4, 0.5) is 0 Å². The summed E-state index contributed by atoms with van der Waals surface area (Å²) in [7, 11) is 0. The molecule has 2 heterocycles. The monoisotopic (exact) mass is 335 g/mol. The Labute approximate surface area is 139 Å². The largest absolute Gasteiger partial charge is 0.375 e. The number of aromatic nitrogens is 1. The third-order valence-corrected chi connectivity index (χ3v) is 3.92. The van der Waals surface area contributed by atoms with Crippen LogP contribution in [0.1, 0.15) is 12.2 Å². The maximum Gasteiger partial charge on any atom is 0.223 e. The molecule has 1 saturated heterocycles. The smallest absolute Gasteiger partial charge is 0.223 e. The van der Waals surface area contributed by atoms with Crippen molar-refractivity contribution in [2.45, 2.75) is 19.1 Å². The summed E-state index contributed by atoms with van der Waals surface area (Å²) in [6.45, 7) is 2.46. The Bertz CT molecular complexity index is 668. The molecule has 1 aromatic carbocycles. The molecule has 0 unspecified atom stereocenters. The molecule has 7 heteroatoms. The Balaban J connectivity index is 1.53. The second-order valence-electron chi connectivity index (χ2n) is 5.34. The first-order valence-corrected chi connectivity index (χ1v) is 7.89. The van der Waals surface area contributed by atoms with E-state index in [2.05, 4.69) is 15.8 Å². The van der Waals surface area contributed by atoms with Gasteiger partial charge in [-0.05, 0) is 6.07 Å². The number of hydrogen-bond acceptors (Lipinski definition) is 5. The topological polar surface area (TPSA) is 76.4 Å². The fourth-order valence-corrected chi connectivity index (χ4v) is 2.64. The average molecular weight is 336 g/mol. The van der Waals surface area contributed by atoms with Crippen molar-refractivity contribution in [3.05, 3.63) is 41.1 Å². The molecule has 1 atom stereocenters. The van der Waals surface area contributed by atoms with Crippen molar-refractivity contribution >= 4 is 17.5 Å². The van der Waals surface area contributed by atoms with Crippen LogP contribution in [0.5, 0.6) is 0 Å². The molecule has 1 amide bonds. The molecule has 0 bridgehead atoms. The molecule has 1 fully saturated rings. The number of benzene rings is 1. The molecular weight excluding hydrogens is 318 g/mol. The highest BCUT2D eigenvalue weighted by atomic mass is 35.5. The van der Waals surface area contributed by atoms with Gasteiger partial charge in [0.05, 0.1) is 30.7 Å². The van der Waals surface area contributed by atoms with Crippen molar-refractivity contribution in [2.75, 3.05) is 19.7 Å². The van der Waals surface area contributed by atoms with Gasteiger partial charge >= 0.3 is 0 Å². The minimum absolute atomic E-state index is 0.0721. The van der Waals surface area contributed by atoms with E-state index in [1.807, 2.05) is 18.2 Å². The Kier molecular flexibility index (Phi) is 5.27. The summed E-state index contributed by atoms with van der Waals surface area (Å²) in [5.74, 6) is 0.505. The molecular formula is C16H18ClN3O3. The molecule has 122 valence electrons. The molecule has 23 heavy (non-hydrogen) atoms. The van der Waals surface area contributed by atoms with E-state index in [1.165, 1.54) is 0 Å². The number of nitrogens with zero attached hydrogens (tertiary/aromatic N) is 1. The molecule has 0 saturated carbocycles. The zero-order valence-electron chi connectivity index (χ0n) is 12.5. The highest BCUT2D eigenvalue weighted by molar-refractivity contribution is 6.33.